The van der Waals surface area contributed by atoms with E-state index < -0.39 is 12.1 Å². The lowest BCUT2D eigenvalue weighted by Crippen LogP contribution is -2.17. The van der Waals surface area contributed by atoms with Crippen molar-refractivity contribution < 1.29 is 17.9 Å². The smallest absolute Gasteiger partial charge is 0.374 e. The molecule has 3 heterocycles. The molecule has 34 heavy (non-hydrogen) atoms. The minimum absolute atomic E-state index is 0.194. The molecule has 0 aliphatic rings. The molecule has 0 radical (unpaired) electrons. The van der Waals surface area contributed by atoms with Crippen LogP contribution in [0.4, 0.5) is 24.7 Å². The Kier molecular flexibility index (Phi) is 6.74. The summed E-state index contributed by atoms with van der Waals surface area (Å²) in [5, 5.41) is 3.87. The Morgan fingerprint density at radius 2 is 1.76 bits per heavy atom. The fourth-order valence-electron chi connectivity index (χ4n) is 3.47. The number of aryl methyl sites for hydroxylation is 1. The first-order valence-corrected chi connectivity index (χ1v) is 10.9. The number of anilines is 2. The summed E-state index contributed by atoms with van der Waals surface area (Å²) in [4.78, 5) is 18.3. The highest BCUT2D eigenvalue weighted by Gasteiger charge is 2.36. The van der Waals surface area contributed by atoms with Gasteiger partial charge in [-0.05, 0) is 62.2 Å². The van der Waals surface area contributed by atoms with E-state index in [1.165, 1.54) is 12.1 Å². The minimum Gasteiger partial charge on any atom is -0.374 e. The molecule has 0 aliphatic carbocycles. The number of pyridine rings is 2. The van der Waals surface area contributed by atoms with E-state index in [-0.39, 0.29) is 12.2 Å². The first kappa shape index (κ1) is 23.6. The van der Waals surface area contributed by atoms with Gasteiger partial charge in [0.25, 0.3) is 0 Å². The summed E-state index contributed by atoms with van der Waals surface area (Å²) in [5.74, 6) is -0.605. The predicted molar refractivity (Wildman–Crippen MR) is 125 cm³/mol. The van der Waals surface area contributed by atoms with Crippen LogP contribution in [0.25, 0.3) is 22.4 Å². The van der Waals surface area contributed by atoms with Gasteiger partial charge in [0.1, 0.15) is 12.4 Å². The molecule has 6 nitrogen and oxygen atoms in total. The molecule has 0 saturated heterocycles. The molecular weight excluding hydrogens is 443 g/mol. The molecule has 0 amide bonds. The zero-order valence-electron chi connectivity index (χ0n) is 19.0. The number of nitrogens with zero attached hydrogens (tertiary/aromatic N) is 4. The highest BCUT2D eigenvalue weighted by Crippen LogP contribution is 2.35. The number of aromatic nitrogens is 4. The number of alkyl halides is 3. The van der Waals surface area contributed by atoms with Crippen molar-refractivity contribution in [3.63, 3.8) is 0 Å². The Morgan fingerprint density at radius 3 is 2.44 bits per heavy atom. The van der Waals surface area contributed by atoms with Crippen molar-refractivity contribution in [3.05, 3.63) is 71.7 Å². The Morgan fingerprint density at radius 1 is 1.00 bits per heavy atom. The van der Waals surface area contributed by atoms with Crippen LogP contribution in [0.15, 0.2) is 54.7 Å². The number of nitrogens with one attached hydrogen (secondary N) is 1. The third-order valence-corrected chi connectivity index (χ3v) is 5.46. The first-order chi connectivity index (χ1) is 16.3. The molecule has 176 valence electrons. The van der Waals surface area contributed by atoms with Gasteiger partial charge in [0.2, 0.25) is 0 Å². The Hall–Kier alpha value is -3.59. The van der Waals surface area contributed by atoms with E-state index in [9.17, 15) is 13.2 Å². The van der Waals surface area contributed by atoms with Gasteiger partial charge in [0.05, 0.1) is 22.7 Å². The number of benzene rings is 1. The number of ether oxygens (including phenoxy) is 1. The van der Waals surface area contributed by atoms with Gasteiger partial charge in [-0.15, -0.1) is 0 Å². The van der Waals surface area contributed by atoms with Gasteiger partial charge < -0.3 is 10.1 Å². The van der Waals surface area contributed by atoms with Crippen LogP contribution in [0.3, 0.4) is 0 Å². The molecule has 4 rings (SSSR count). The van der Waals surface area contributed by atoms with Crippen molar-refractivity contribution >= 4 is 22.5 Å². The molecule has 9 heteroatoms. The van der Waals surface area contributed by atoms with Gasteiger partial charge in [-0.2, -0.15) is 13.2 Å². The second-order valence-corrected chi connectivity index (χ2v) is 7.87. The molecule has 0 fully saturated rings. The zero-order valence-corrected chi connectivity index (χ0v) is 19.0. The van der Waals surface area contributed by atoms with E-state index in [2.05, 4.69) is 20.3 Å². The molecular formula is C25H24F3N5O. The summed E-state index contributed by atoms with van der Waals surface area (Å²) >= 11 is 0. The molecule has 1 aromatic carbocycles. The number of fused-ring (bicyclic) bond motifs is 1. The van der Waals surface area contributed by atoms with Gasteiger partial charge in [0.15, 0.2) is 11.5 Å². The molecule has 3 aromatic heterocycles. The van der Waals surface area contributed by atoms with E-state index in [0.717, 1.165) is 18.2 Å². The second kappa shape index (κ2) is 9.72. The van der Waals surface area contributed by atoms with Crippen molar-refractivity contribution in [1.82, 2.24) is 19.9 Å². The van der Waals surface area contributed by atoms with Crippen LogP contribution in [0, 0.1) is 6.92 Å². The van der Waals surface area contributed by atoms with Gasteiger partial charge >= 0.3 is 6.18 Å². The molecule has 1 N–H and O–H groups in total. The van der Waals surface area contributed by atoms with Crippen LogP contribution < -0.4 is 5.32 Å². The monoisotopic (exact) mass is 467 g/mol. The standard InChI is InChI=1S/C25H24F3N5O/c1-4-34-14-21-32-23(30-18-9-7-17(8-10-18)16(3)25(26,27)28)19-11-12-20(31-24(19)33-21)22-15(2)6-5-13-29-22/h5-13,16H,4,14H2,1-3H3,(H,30,31,32,33). The first-order valence-electron chi connectivity index (χ1n) is 10.9. The summed E-state index contributed by atoms with van der Waals surface area (Å²) < 4.78 is 44.6. The molecule has 1 atom stereocenters. The third kappa shape index (κ3) is 5.14. The summed E-state index contributed by atoms with van der Waals surface area (Å²) in [6.07, 6.45) is -2.58. The SMILES string of the molecule is CCOCc1nc(Nc2ccc(C(C)C(F)(F)F)cc2)c2ccc(-c3ncccc3C)nc2n1. The third-order valence-electron chi connectivity index (χ3n) is 5.46. The maximum atomic E-state index is 13.0. The number of halogens is 3. The molecule has 0 saturated carbocycles. The molecule has 0 spiro atoms. The van der Waals surface area contributed by atoms with E-state index in [1.807, 2.05) is 38.1 Å². The lowest BCUT2D eigenvalue weighted by atomic mass is 10.0. The summed E-state index contributed by atoms with van der Waals surface area (Å²) in [7, 11) is 0. The van der Waals surface area contributed by atoms with Crippen molar-refractivity contribution in [2.24, 2.45) is 0 Å². The van der Waals surface area contributed by atoms with E-state index >= 15 is 0 Å². The maximum Gasteiger partial charge on any atom is 0.395 e. The fraction of sp³-hybridized carbons (Fsp3) is 0.280. The van der Waals surface area contributed by atoms with Gasteiger partial charge in [0, 0.05) is 18.5 Å². The van der Waals surface area contributed by atoms with Crippen LogP contribution in [-0.2, 0) is 11.3 Å². The fourth-order valence-corrected chi connectivity index (χ4v) is 3.47. The molecule has 0 aliphatic heterocycles. The number of rotatable bonds is 7. The van der Waals surface area contributed by atoms with Gasteiger partial charge in [-0.1, -0.05) is 18.2 Å². The summed E-state index contributed by atoms with van der Waals surface area (Å²) in [6, 6.07) is 13.7. The van der Waals surface area contributed by atoms with Gasteiger partial charge in [-0.25, -0.2) is 15.0 Å². The molecule has 1 unspecified atom stereocenters. The van der Waals surface area contributed by atoms with E-state index in [1.54, 1.807) is 18.3 Å². The zero-order chi connectivity index (χ0) is 24.3. The number of hydrogen-bond acceptors (Lipinski definition) is 6. The summed E-state index contributed by atoms with van der Waals surface area (Å²) in [6.45, 7) is 5.70. The second-order valence-electron chi connectivity index (χ2n) is 7.87. The van der Waals surface area contributed by atoms with Crippen molar-refractivity contribution in [1.29, 1.82) is 0 Å². The van der Waals surface area contributed by atoms with Crippen molar-refractivity contribution in [3.8, 4) is 11.4 Å². The quantitative estimate of drug-likeness (QED) is 0.342. The molecule has 4 aromatic rings. The average Bonchev–Trinajstić information content (AvgIpc) is 2.82. The Balaban J connectivity index is 1.71. The van der Waals surface area contributed by atoms with Crippen LogP contribution >= 0.6 is 0 Å². The highest BCUT2D eigenvalue weighted by atomic mass is 19.4. The van der Waals surface area contributed by atoms with Crippen LogP contribution in [-0.4, -0.2) is 32.7 Å². The van der Waals surface area contributed by atoms with Crippen LogP contribution in [0.2, 0.25) is 0 Å². The number of hydrogen-bond donors (Lipinski definition) is 1. The van der Waals surface area contributed by atoms with Crippen LogP contribution in [0.1, 0.15) is 36.7 Å². The van der Waals surface area contributed by atoms with Gasteiger partial charge in [-0.3, -0.25) is 4.98 Å². The minimum atomic E-state index is -4.29. The topological polar surface area (TPSA) is 72.8 Å². The Labute approximate surface area is 195 Å². The van der Waals surface area contributed by atoms with Crippen molar-refractivity contribution in [2.45, 2.75) is 39.5 Å². The molecule has 0 bridgehead atoms. The Bertz CT molecular complexity index is 1290. The average molecular weight is 467 g/mol. The normalized spacial score (nSPS) is 12.6. The van der Waals surface area contributed by atoms with Crippen molar-refractivity contribution in [2.75, 3.05) is 11.9 Å². The van der Waals surface area contributed by atoms with E-state index in [0.29, 0.717) is 40.7 Å². The highest BCUT2D eigenvalue weighted by molar-refractivity contribution is 5.90. The maximum absolute atomic E-state index is 13.0. The van der Waals surface area contributed by atoms with E-state index in [4.69, 9.17) is 9.72 Å². The summed E-state index contributed by atoms with van der Waals surface area (Å²) in [5.41, 5.74) is 3.70. The lowest BCUT2D eigenvalue weighted by molar-refractivity contribution is -0.146. The predicted octanol–water partition coefficient (Wildman–Crippen LogP) is 6.34. The van der Waals surface area contributed by atoms with Crippen LogP contribution in [0.5, 0.6) is 0 Å². The lowest BCUT2D eigenvalue weighted by Gasteiger charge is -2.16. The largest absolute Gasteiger partial charge is 0.395 e.